The van der Waals surface area contributed by atoms with Crippen molar-refractivity contribution in [3.8, 4) is 10.6 Å². The molecule has 27 heavy (non-hydrogen) atoms. The second-order valence-corrected chi connectivity index (χ2v) is 8.33. The summed E-state index contributed by atoms with van der Waals surface area (Å²) in [5.41, 5.74) is 1.38. The van der Waals surface area contributed by atoms with Crippen molar-refractivity contribution in [1.29, 1.82) is 0 Å². The quantitative estimate of drug-likeness (QED) is 0.675. The zero-order chi connectivity index (χ0) is 18.6. The van der Waals surface area contributed by atoms with Gasteiger partial charge in [-0.05, 0) is 38.1 Å². The second-order valence-electron chi connectivity index (χ2n) is 6.44. The van der Waals surface area contributed by atoms with Crippen LogP contribution in [-0.4, -0.2) is 33.9 Å². The number of rotatable bonds is 5. The highest BCUT2D eigenvalue weighted by molar-refractivity contribution is 7.17. The van der Waals surface area contributed by atoms with Crippen LogP contribution in [0.2, 0.25) is 0 Å². The third-order valence-electron chi connectivity index (χ3n) is 4.44. The Kier molecular flexibility index (Phi) is 5.56. The molecule has 1 N–H and O–H groups in total. The molecule has 3 aromatic rings. The van der Waals surface area contributed by atoms with Gasteiger partial charge in [0.1, 0.15) is 15.7 Å². The number of piperidine rings is 1. The highest BCUT2D eigenvalue weighted by Crippen LogP contribution is 2.28. The number of amides is 1. The van der Waals surface area contributed by atoms with Crippen molar-refractivity contribution in [2.24, 2.45) is 0 Å². The first-order valence-corrected chi connectivity index (χ1v) is 10.6. The number of hydrogen-bond acceptors (Lipinski definition) is 6. The number of halogens is 1. The summed E-state index contributed by atoms with van der Waals surface area (Å²) < 4.78 is 13.9. The van der Waals surface area contributed by atoms with Crippen LogP contribution in [0.25, 0.3) is 10.6 Å². The van der Waals surface area contributed by atoms with Crippen LogP contribution >= 0.6 is 22.7 Å². The summed E-state index contributed by atoms with van der Waals surface area (Å²) >= 11 is 2.59. The first kappa shape index (κ1) is 18.2. The molecule has 0 bridgehead atoms. The minimum Gasteiger partial charge on any atom is -0.297 e. The van der Waals surface area contributed by atoms with Gasteiger partial charge in [0.15, 0.2) is 5.13 Å². The standard InChI is InChI=1S/C19H19FN4OS2/c20-15-7-3-2-6-14(15)18-21-10-16(27-18)17(25)23-19-22-13(12-26-19)11-24-8-4-1-5-9-24/h2-3,6-7,10,12H,1,4-5,8-9,11H2,(H,22,23,25). The molecule has 1 saturated heterocycles. The lowest BCUT2D eigenvalue weighted by molar-refractivity contribution is 0.103. The summed E-state index contributed by atoms with van der Waals surface area (Å²) in [5, 5.41) is 5.88. The number of nitrogens with one attached hydrogen (secondary N) is 1. The number of benzene rings is 1. The van der Waals surface area contributed by atoms with Gasteiger partial charge < -0.3 is 0 Å². The Morgan fingerprint density at radius 1 is 1.22 bits per heavy atom. The maximum atomic E-state index is 13.9. The molecule has 140 valence electrons. The maximum absolute atomic E-state index is 13.9. The van der Waals surface area contributed by atoms with Crippen molar-refractivity contribution >= 4 is 33.7 Å². The molecule has 8 heteroatoms. The zero-order valence-corrected chi connectivity index (χ0v) is 16.3. The monoisotopic (exact) mass is 402 g/mol. The highest BCUT2D eigenvalue weighted by atomic mass is 32.1. The number of carbonyl (C=O) groups is 1. The molecule has 1 aliphatic rings. The number of aromatic nitrogens is 2. The Hall–Kier alpha value is -2.16. The molecule has 3 heterocycles. The smallest absolute Gasteiger partial charge is 0.269 e. The molecule has 1 amide bonds. The average molecular weight is 403 g/mol. The fourth-order valence-electron chi connectivity index (χ4n) is 3.08. The van der Waals surface area contributed by atoms with Crippen LogP contribution < -0.4 is 5.32 Å². The van der Waals surface area contributed by atoms with Crippen LogP contribution in [0.15, 0.2) is 35.8 Å². The minimum absolute atomic E-state index is 0.269. The molecule has 1 aromatic carbocycles. The molecule has 1 aliphatic heterocycles. The van der Waals surface area contributed by atoms with E-state index in [1.54, 1.807) is 18.2 Å². The van der Waals surface area contributed by atoms with Crippen molar-refractivity contribution in [2.75, 3.05) is 18.4 Å². The van der Waals surface area contributed by atoms with E-state index >= 15 is 0 Å². The van der Waals surface area contributed by atoms with Gasteiger partial charge in [-0.15, -0.1) is 22.7 Å². The van der Waals surface area contributed by atoms with Gasteiger partial charge in [-0.2, -0.15) is 0 Å². The lowest BCUT2D eigenvalue weighted by Crippen LogP contribution is -2.29. The zero-order valence-electron chi connectivity index (χ0n) is 14.7. The third-order valence-corrected chi connectivity index (χ3v) is 6.28. The number of anilines is 1. The van der Waals surface area contributed by atoms with E-state index in [4.69, 9.17) is 0 Å². The molecule has 0 atom stereocenters. The molecule has 0 unspecified atom stereocenters. The molecule has 0 radical (unpaired) electrons. The number of likely N-dealkylation sites (tertiary alicyclic amines) is 1. The van der Waals surface area contributed by atoms with Crippen molar-refractivity contribution in [3.05, 3.63) is 52.2 Å². The van der Waals surface area contributed by atoms with Crippen LogP contribution in [0.4, 0.5) is 9.52 Å². The van der Waals surface area contributed by atoms with Gasteiger partial charge in [0.25, 0.3) is 5.91 Å². The maximum Gasteiger partial charge on any atom is 0.269 e. The number of carbonyl (C=O) groups excluding carboxylic acids is 1. The van der Waals surface area contributed by atoms with E-state index in [0.717, 1.165) is 25.3 Å². The van der Waals surface area contributed by atoms with E-state index in [9.17, 15) is 9.18 Å². The second kappa shape index (κ2) is 8.24. The molecule has 2 aromatic heterocycles. The topological polar surface area (TPSA) is 58.1 Å². The van der Waals surface area contributed by atoms with E-state index in [-0.39, 0.29) is 11.7 Å². The first-order valence-electron chi connectivity index (χ1n) is 8.88. The van der Waals surface area contributed by atoms with Gasteiger partial charge in [0, 0.05) is 17.5 Å². The molecular formula is C19H19FN4OS2. The van der Waals surface area contributed by atoms with Crippen molar-refractivity contribution < 1.29 is 9.18 Å². The van der Waals surface area contributed by atoms with E-state index in [2.05, 4.69) is 20.2 Å². The summed E-state index contributed by atoms with van der Waals surface area (Å²) in [7, 11) is 0. The fraction of sp³-hybridized carbons (Fsp3) is 0.316. The van der Waals surface area contributed by atoms with E-state index in [0.29, 0.717) is 20.6 Å². The minimum atomic E-state index is -0.346. The number of hydrogen-bond donors (Lipinski definition) is 1. The fourth-order valence-corrected chi connectivity index (χ4v) is 4.62. The molecule has 0 saturated carbocycles. The van der Waals surface area contributed by atoms with Crippen LogP contribution in [0.5, 0.6) is 0 Å². The Morgan fingerprint density at radius 2 is 2.04 bits per heavy atom. The lowest BCUT2D eigenvalue weighted by atomic mass is 10.1. The Morgan fingerprint density at radius 3 is 2.85 bits per heavy atom. The van der Waals surface area contributed by atoms with E-state index in [1.807, 2.05) is 5.38 Å². The van der Waals surface area contributed by atoms with E-state index in [1.165, 1.54) is 54.2 Å². The van der Waals surface area contributed by atoms with Gasteiger partial charge in [0.2, 0.25) is 0 Å². The molecule has 0 spiro atoms. The summed E-state index contributed by atoms with van der Waals surface area (Å²) in [6.07, 6.45) is 5.26. The van der Waals surface area contributed by atoms with Gasteiger partial charge in [-0.1, -0.05) is 18.6 Å². The predicted octanol–water partition coefficient (Wildman–Crippen LogP) is 4.64. The van der Waals surface area contributed by atoms with Crippen molar-refractivity contribution in [3.63, 3.8) is 0 Å². The number of thiazole rings is 2. The van der Waals surface area contributed by atoms with Gasteiger partial charge in [-0.3, -0.25) is 15.0 Å². The van der Waals surface area contributed by atoms with Crippen LogP contribution in [0.1, 0.15) is 34.6 Å². The van der Waals surface area contributed by atoms with Gasteiger partial charge in [-0.25, -0.2) is 14.4 Å². The predicted molar refractivity (Wildman–Crippen MR) is 107 cm³/mol. The molecule has 1 fully saturated rings. The third kappa shape index (κ3) is 4.40. The van der Waals surface area contributed by atoms with Crippen LogP contribution in [0, 0.1) is 5.82 Å². The molecule has 5 nitrogen and oxygen atoms in total. The Balaban J connectivity index is 1.40. The van der Waals surface area contributed by atoms with Crippen LogP contribution in [-0.2, 0) is 6.54 Å². The Labute approximate surface area is 164 Å². The number of nitrogens with zero attached hydrogens (tertiary/aromatic N) is 3. The highest BCUT2D eigenvalue weighted by Gasteiger charge is 2.16. The van der Waals surface area contributed by atoms with Gasteiger partial charge >= 0.3 is 0 Å². The first-order chi connectivity index (χ1) is 13.2. The average Bonchev–Trinajstić information content (AvgIpc) is 3.33. The van der Waals surface area contributed by atoms with Crippen molar-refractivity contribution in [1.82, 2.24) is 14.9 Å². The Bertz CT molecular complexity index is 933. The molecule has 0 aliphatic carbocycles. The van der Waals surface area contributed by atoms with Gasteiger partial charge in [0.05, 0.1) is 11.9 Å². The van der Waals surface area contributed by atoms with E-state index < -0.39 is 0 Å². The summed E-state index contributed by atoms with van der Waals surface area (Å²) in [6, 6.07) is 6.42. The largest absolute Gasteiger partial charge is 0.297 e. The molecular weight excluding hydrogens is 383 g/mol. The summed E-state index contributed by atoms with van der Waals surface area (Å²) in [6.45, 7) is 3.04. The lowest BCUT2D eigenvalue weighted by Gasteiger charge is -2.25. The normalized spacial score (nSPS) is 15.0. The van der Waals surface area contributed by atoms with Crippen LogP contribution in [0.3, 0.4) is 0 Å². The van der Waals surface area contributed by atoms with Crippen molar-refractivity contribution in [2.45, 2.75) is 25.8 Å². The summed E-state index contributed by atoms with van der Waals surface area (Å²) in [4.78, 5) is 24.0. The molecule has 4 rings (SSSR count). The summed E-state index contributed by atoms with van der Waals surface area (Å²) in [5.74, 6) is -0.616. The SMILES string of the molecule is O=C(Nc1nc(CN2CCCCC2)cs1)c1cnc(-c2ccccc2F)s1.